The van der Waals surface area contributed by atoms with Crippen LogP contribution in [0.15, 0.2) is 84.9 Å². The second-order valence-corrected chi connectivity index (χ2v) is 14.5. The van der Waals surface area contributed by atoms with Crippen molar-refractivity contribution in [3.8, 4) is 11.1 Å². The van der Waals surface area contributed by atoms with Crippen molar-refractivity contribution in [2.24, 2.45) is 0 Å². The maximum Gasteiger partial charge on any atom is 0.411 e. The standard InChI is InChI=1S/C42H42N4O8/c1-23-7-13-27(14-8-23)41-21-33(35(47)51-3)45(39(49)53-5)37(41)43-31-17-11-25(19-29(31)41)26-12-18-32-30(20-26)42(28-15-9-24(2)10-16-28)22-34(36(48)52-4)46(38(42)44-32)40(50)54-6/h7-20,33-34,37-38,43-44H,21-22H2,1-6H3/t33-,34-,37-,38-,41+,42+/m0/s1. The zero-order valence-electron chi connectivity index (χ0n) is 31.0. The number of carbonyl (C=O) groups excluding carboxylic acids is 4. The molecule has 0 aliphatic carbocycles. The number of benzene rings is 4. The van der Waals surface area contributed by atoms with E-state index in [9.17, 15) is 19.2 Å². The van der Waals surface area contributed by atoms with Crippen LogP contribution in [-0.2, 0) is 39.4 Å². The Labute approximate surface area is 313 Å². The lowest BCUT2D eigenvalue weighted by atomic mass is 9.71. The van der Waals surface area contributed by atoms with Crippen molar-refractivity contribution in [3.63, 3.8) is 0 Å². The van der Waals surface area contributed by atoms with Crippen LogP contribution < -0.4 is 10.6 Å². The van der Waals surface area contributed by atoms with Gasteiger partial charge in [-0.15, -0.1) is 0 Å². The number of hydrogen-bond donors (Lipinski definition) is 2. The van der Waals surface area contributed by atoms with Crippen LogP contribution in [0.3, 0.4) is 0 Å². The van der Waals surface area contributed by atoms with Gasteiger partial charge in [0.05, 0.1) is 39.3 Å². The Morgan fingerprint density at radius 3 is 1.26 bits per heavy atom. The topological polar surface area (TPSA) is 136 Å². The second-order valence-electron chi connectivity index (χ2n) is 14.5. The number of hydrogen-bond acceptors (Lipinski definition) is 10. The van der Waals surface area contributed by atoms with E-state index in [4.69, 9.17) is 18.9 Å². The minimum Gasteiger partial charge on any atom is -0.467 e. The van der Waals surface area contributed by atoms with E-state index in [0.717, 1.165) is 55.9 Å². The lowest BCUT2D eigenvalue weighted by molar-refractivity contribution is -0.146. The summed E-state index contributed by atoms with van der Waals surface area (Å²) < 4.78 is 20.9. The van der Waals surface area contributed by atoms with E-state index in [-0.39, 0.29) is 12.8 Å². The Balaban J connectivity index is 1.29. The van der Waals surface area contributed by atoms with Gasteiger partial charge in [-0.25, -0.2) is 19.2 Å². The summed E-state index contributed by atoms with van der Waals surface area (Å²) in [4.78, 5) is 56.2. The molecule has 8 rings (SSSR count). The quantitative estimate of drug-likeness (QED) is 0.184. The number of ether oxygens (including phenoxy) is 4. The molecule has 4 aromatic rings. The molecule has 0 spiro atoms. The van der Waals surface area contributed by atoms with Crippen molar-refractivity contribution < 1.29 is 38.1 Å². The molecule has 12 nitrogen and oxygen atoms in total. The fourth-order valence-electron chi connectivity index (χ4n) is 9.40. The smallest absolute Gasteiger partial charge is 0.411 e. The fraction of sp³-hybridized carbons (Fsp3) is 0.333. The van der Waals surface area contributed by atoms with Crippen LogP contribution in [0.25, 0.3) is 11.1 Å². The number of rotatable bonds is 5. The summed E-state index contributed by atoms with van der Waals surface area (Å²) >= 11 is 0. The van der Waals surface area contributed by atoms with Crippen molar-refractivity contribution in [3.05, 3.63) is 118 Å². The number of methoxy groups -OCH3 is 4. The molecule has 12 heteroatoms. The zero-order valence-corrected chi connectivity index (χ0v) is 31.0. The number of anilines is 2. The molecule has 4 aliphatic heterocycles. The third-order valence-corrected chi connectivity index (χ3v) is 12.0. The van der Waals surface area contributed by atoms with Gasteiger partial charge < -0.3 is 29.6 Å². The molecule has 0 bridgehead atoms. The fourth-order valence-corrected chi connectivity index (χ4v) is 9.40. The molecule has 2 N–H and O–H groups in total. The number of carbonyl (C=O) groups is 4. The van der Waals surface area contributed by atoms with Gasteiger partial charge in [0.25, 0.3) is 0 Å². The lowest BCUT2D eigenvalue weighted by Crippen LogP contribution is -2.50. The van der Waals surface area contributed by atoms with E-state index >= 15 is 0 Å². The average Bonchev–Trinajstić information content (AvgIpc) is 3.90. The summed E-state index contributed by atoms with van der Waals surface area (Å²) in [7, 11) is 5.26. The van der Waals surface area contributed by atoms with E-state index < -0.39 is 59.4 Å². The monoisotopic (exact) mass is 730 g/mol. The second kappa shape index (κ2) is 12.8. The zero-order chi connectivity index (χ0) is 38.1. The predicted octanol–water partition coefficient (Wildman–Crippen LogP) is 6.07. The van der Waals surface area contributed by atoms with Crippen molar-refractivity contribution in [1.29, 1.82) is 0 Å². The molecular weight excluding hydrogens is 688 g/mol. The summed E-state index contributed by atoms with van der Waals surface area (Å²) in [6.07, 6.45) is -1.97. The van der Waals surface area contributed by atoms with Gasteiger partial charge in [-0.05, 0) is 84.3 Å². The van der Waals surface area contributed by atoms with Crippen LogP contribution in [0.4, 0.5) is 21.0 Å². The van der Waals surface area contributed by atoms with E-state index in [0.29, 0.717) is 0 Å². The molecule has 2 amide bonds. The van der Waals surface area contributed by atoms with Crippen molar-refractivity contribution >= 4 is 35.5 Å². The molecule has 54 heavy (non-hydrogen) atoms. The molecule has 6 atom stereocenters. The molecule has 0 aromatic heterocycles. The van der Waals surface area contributed by atoms with Crippen LogP contribution in [0.2, 0.25) is 0 Å². The summed E-state index contributed by atoms with van der Waals surface area (Å²) in [6, 6.07) is 26.9. The first-order valence-electron chi connectivity index (χ1n) is 17.9. The van der Waals surface area contributed by atoms with Crippen LogP contribution in [0.1, 0.15) is 46.2 Å². The first-order chi connectivity index (χ1) is 26.0. The largest absolute Gasteiger partial charge is 0.467 e. The summed E-state index contributed by atoms with van der Waals surface area (Å²) in [5.41, 5.74) is 7.78. The molecule has 0 unspecified atom stereocenters. The van der Waals surface area contributed by atoms with E-state index in [2.05, 4.69) is 47.0 Å². The van der Waals surface area contributed by atoms with Gasteiger partial charge >= 0.3 is 24.1 Å². The Bertz CT molecular complexity index is 2030. The maximum atomic E-state index is 13.4. The number of nitrogens with zero attached hydrogens (tertiary/aromatic N) is 2. The Hall–Kier alpha value is -6.04. The number of amides is 2. The van der Waals surface area contributed by atoms with Crippen molar-refractivity contribution in [2.75, 3.05) is 39.1 Å². The van der Waals surface area contributed by atoms with E-state index in [1.165, 1.54) is 38.2 Å². The highest BCUT2D eigenvalue weighted by atomic mass is 16.6. The molecule has 2 fully saturated rings. The molecular formula is C42H42N4O8. The van der Waals surface area contributed by atoms with Crippen molar-refractivity contribution in [1.82, 2.24) is 9.80 Å². The minimum atomic E-state index is -0.890. The number of nitrogens with one attached hydrogen (secondary N) is 2. The summed E-state index contributed by atoms with van der Waals surface area (Å²) in [6.45, 7) is 4.03. The first-order valence-corrected chi connectivity index (χ1v) is 17.9. The summed E-state index contributed by atoms with van der Waals surface area (Å²) in [5, 5.41) is 7.13. The lowest BCUT2D eigenvalue weighted by Gasteiger charge is -2.33. The van der Waals surface area contributed by atoms with Gasteiger partial charge in [-0.3, -0.25) is 9.80 Å². The molecule has 4 aliphatic rings. The van der Waals surface area contributed by atoms with E-state index in [1.807, 2.05) is 62.4 Å². The van der Waals surface area contributed by atoms with E-state index in [1.54, 1.807) is 0 Å². The Kier molecular flexibility index (Phi) is 8.31. The van der Waals surface area contributed by atoms with Gasteiger partial charge in [0.1, 0.15) is 24.4 Å². The minimum absolute atomic E-state index is 0.274. The number of esters is 2. The SMILES string of the molecule is COC(=O)[C@@H]1C[C@@]2(c3ccc(C)cc3)c3cc(-c4ccc5c(c4)[C@]4(c6ccc(C)cc6)C[C@@H](C(=O)OC)N(C(=O)OC)[C@@H]4N5)ccc3N[C@H]2N1C(=O)OC. The van der Waals surface area contributed by atoms with Crippen LogP contribution in [0, 0.1) is 13.8 Å². The third kappa shape index (κ3) is 4.88. The molecule has 4 heterocycles. The van der Waals surface area contributed by atoms with Crippen LogP contribution >= 0.6 is 0 Å². The number of aryl methyl sites for hydroxylation is 2. The normalized spacial score (nSPS) is 25.7. The molecule has 278 valence electrons. The highest BCUT2D eigenvalue weighted by Crippen LogP contribution is 2.58. The third-order valence-electron chi connectivity index (χ3n) is 12.0. The maximum absolute atomic E-state index is 13.4. The van der Waals surface area contributed by atoms with Crippen LogP contribution in [0.5, 0.6) is 0 Å². The van der Waals surface area contributed by atoms with Crippen molar-refractivity contribution in [2.45, 2.75) is 61.9 Å². The van der Waals surface area contributed by atoms with Crippen LogP contribution in [-0.4, -0.2) is 86.8 Å². The van der Waals surface area contributed by atoms with Gasteiger partial charge in [0.2, 0.25) is 0 Å². The molecule has 4 aromatic carbocycles. The Morgan fingerprint density at radius 2 is 0.926 bits per heavy atom. The highest BCUT2D eigenvalue weighted by molar-refractivity contribution is 5.88. The molecule has 2 saturated heterocycles. The summed E-state index contributed by atoms with van der Waals surface area (Å²) in [5.74, 6) is -1.05. The number of fused-ring (bicyclic) bond motifs is 6. The van der Waals surface area contributed by atoms with Gasteiger partial charge in [-0.1, -0.05) is 71.8 Å². The average molecular weight is 731 g/mol. The first kappa shape index (κ1) is 35.0. The number of likely N-dealkylation sites (tertiary alicyclic amines) is 2. The van der Waals surface area contributed by atoms with Gasteiger partial charge in [0.15, 0.2) is 0 Å². The van der Waals surface area contributed by atoms with Gasteiger partial charge in [0, 0.05) is 11.4 Å². The molecule has 0 radical (unpaired) electrons. The predicted molar refractivity (Wildman–Crippen MR) is 200 cm³/mol. The van der Waals surface area contributed by atoms with Gasteiger partial charge in [-0.2, -0.15) is 0 Å². The Morgan fingerprint density at radius 1 is 0.556 bits per heavy atom. The highest BCUT2D eigenvalue weighted by Gasteiger charge is 2.64. The molecule has 0 saturated carbocycles.